The van der Waals surface area contributed by atoms with Gasteiger partial charge in [-0.05, 0) is 38.8 Å². The van der Waals surface area contributed by atoms with Gasteiger partial charge in [-0.15, -0.1) is 0 Å². The van der Waals surface area contributed by atoms with Gasteiger partial charge in [-0.3, -0.25) is 9.48 Å². The van der Waals surface area contributed by atoms with Crippen LogP contribution in [0.3, 0.4) is 0 Å². The highest BCUT2D eigenvalue weighted by Gasteiger charge is 2.34. The number of amides is 1. The van der Waals surface area contributed by atoms with E-state index in [9.17, 15) is 4.79 Å². The number of aromatic nitrogens is 2. The summed E-state index contributed by atoms with van der Waals surface area (Å²) in [7, 11) is 3.28. The molecule has 0 bridgehead atoms. The van der Waals surface area contributed by atoms with E-state index in [0.29, 0.717) is 11.6 Å². The molecule has 2 aromatic rings. The first-order valence-electron chi connectivity index (χ1n) is 9.59. The van der Waals surface area contributed by atoms with Crippen LogP contribution in [0, 0.1) is 19.8 Å². The van der Waals surface area contributed by atoms with Gasteiger partial charge < -0.3 is 14.4 Å². The first-order valence-corrected chi connectivity index (χ1v) is 9.97. The van der Waals surface area contributed by atoms with E-state index in [1.807, 2.05) is 48.6 Å². The zero-order chi connectivity index (χ0) is 20.4. The number of methoxy groups -OCH3 is 2. The number of nitrogens with zero attached hydrogens (tertiary/aromatic N) is 3. The van der Waals surface area contributed by atoms with Crippen molar-refractivity contribution in [2.45, 2.75) is 46.2 Å². The SMILES string of the molecule is COc1ccc(C2CCCN2C(=O)C(C)Cn2nc(C)c(Cl)c2C)c(OC)c1. The van der Waals surface area contributed by atoms with Crippen LogP contribution >= 0.6 is 11.6 Å². The van der Waals surface area contributed by atoms with Crippen molar-refractivity contribution in [2.24, 2.45) is 5.92 Å². The predicted molar refractivity (Wildman–Crippen MR) is 109 cm³/mol. The van der Waals surface area contributed by atoms with Gasteiger partial charge in [0.25, 0.3) is 0 Å². The van der Waals surface area contributed by atoms with Crippen LogP contribution in [0.1, 0.15) is 42.8 Å². The average molecular weight is 406 g/mol. The van der Waals surface area contributed by atoms with Crippen LogP contribution in [-0.4, -0.2) is 41.4 Å². The molecule has 28 heavy (non-hydrogen) atoms. The summed E-state index contributed by atoms with van der Waals surface area (Å²) in [5.41, 5.74) is 2.71. The fourth-order valence-corrected chi connectivity index (χ4v) is 4.06. The maximum absolute atomic E-state index is 13.2. The first-order chi connectivity index (χ1) is 13.4. The minimum Gasteiger partial charge on any atom is -0.497 e. The fourth-order valence-electron chi connectivity index (χ4n) is 3.92. The molecule has 7 heteroatoms. The van der Waals surface area contributed by atoms with E-state index in [1.54, 1.807) is 14.2 Å². The minimum absolute atomic E-state index is 0.0137. The number of aryl methyl sites for hydroxylation is 1. The molecule has 0 spiro atoms. The van der Waals surface area contributed by atoms with Crippen molar-refractivity contribution < 1.29 is 14.3 Å². The van der Waals surface area contributed by atoms with E-state index < -0.39 is 0 Å². The standard InChI is InChI=1S/C21H28ClN3O3/c1-13(12-25-15(3)20(22)14(2)23-25)21(26)24-10-6-7-18(24)17-9-8-16(27-4)11-19(17)28-5/h8-9,11,13,18H,6-7,10,12H2,1-5H3. The Kier molecular flexibility index (Phi) is 6.18. The summed E-state index contributed by atoms with van der Waals surface area (Å²) in [5.74, 6) is 1.43. The van der Waals surface area contributed by atoms with Crippen molar-refractivity contribution in [1.82, 2.24) is 14.7 Å². The molecule has 1 aliphatic rings. The molecule has 6 nitrogen and oxygen atoms in total. The van der Waals surface area contributed by atoms with Crippen molar-refractivity contribution in [2.75, 3.05) is 20.8 Å². The summed E-state index contributed by atoms with van der Waals surface area (Å²) in [4.78, 5) is 15.2. The highest BCUT2D eigenvalue weighted by molar-refractivity contribution is 6.31. The molecule has 2 unspecified atom stereocenters. The molecule has 1 aromatic carbocycles. The minimum atomic E-state index is -0.195. The molecule has 1 fully saturated rings. The lowest BCUT2D eigenvalue weighted by atomic mass is 10.0. The summed E-state index contributed by atoms with van der Waals surface area (Å²) < 4.78 is 12.7. The topological polar surface area (TPSA) is 56.6 Å². The molecule has 3 rings (SSSR count). The zero-order valence-electron chi connectivity index (χ0n) is 17.2. The summed E-state index contributed by atoms with van der Waals surface area (Å²) in [6.45, 7) is 7.03. The molecular weight excluding hydrogens is 378 g/mol. The molecule has 0 saturated carbocycles. The number of hydrogen-bond acceptors (Lipinski definition) is 4. The number of halogens is 1. The lowest BCUT2D eigenvalue weighted by molar-refractivity contribution is -0.136. The highest BCUT2D eigenvalue weighted by Crippen LogP contribution is 2.39. The monoisotopic (exact) mass is 405 g/mol. The summed E-state index contributed by atoms with van der Waals surface area (Å²) in [6, 6.07) is 5.80. The molecule has 0 aliphatic carbocycles. The number of hydrogen-bond donors (Lipinski definition) is 0. The summed E-state index contributed by atoms with van der Waals surface area (Å²) in [5, 5.41) is 5.13. The molecule has 2 atom stereocenters. The van der Waals surface area contributed by atoms with Gasteiger partial charge in [0.05, 0.1) is 49.1 Å². The molecule has 0 radical (unpaired) electrons. The Morgan fingerprint density at radius 2 is 2.07 bits per heavy atom. The summed E-state index contributed by atoms with van der Waals surface area (Å²) >= 11 is 6.25. The third-order valence-corrected chi connectivity index (χ3v) is 6.04. The van der Waals surface area contributed by atoms with Crippen molar-refractivity contribution >= 4 is 17.5 Å². The number of likely N-dealkylation sites (tertiary alicyclic amines) is 1. The first kappa shape index (κ1) is 20.5. The third-order valence-electron chi connectivity index (χ3n) is 5.50. The Bertz CT molecular complexity index is 865. The van der Waals surface area contributed by atoms with Crippen LogP contribution < -0.4 is 9.47 Å². The van der Waals surface area contributed by atoms with Gasteiger partial charge in [0.1, 0.15) is 11.5 Å². The Morgan fingerprint density at radius 1 is 1.32 bits per heavy atom. The second kappa shape index (κ2) is 8.43. The number of benzene rings is 1. The van der Waals surface area contributed by atoms with Crippen molar-refractivity contribution in [3.63, 3.8) is 0 Å². The number of ether oxygens (including phenoxy) is 2. The third kappa shape index (κ3) is 3.83. The second-order valence-electron chi connectivity index (χ2n) is 7.37. The molecule has 1 aromatic heterocycles. The maximum Gasteiger partial charge on any atom is 0.227 e. The molecule has 0 N–H and O–H groups in total. The van der Waals surface area contributed by atoms with Crippen molar-refractivity contribution in [3.8, 4) is 11.5 Å². The van der Waals surface area contributed by atoms with E-state index in [4.69, 9.17) is 21.1 Å². The molecule has 152 valence electrons. The molecule has 2 heterocycles. The Hall–Kier alpha value is -2.21. The lowest BCUT2D eigenvalue weighted by Gasteiger charge is -2.29. The highest BCUT2D eigenvalue weighted by atomic mass is 35.5. The molecule has 1 amide bonds. The van der Waals surface area contributed by atoms with Gasteiger partial charge in [-0.25, -0.2) is 0 Å². The van der Waals surface area contributed by atoms with Crippen LogP contribution in [0.25, 0.3) is 0 Å². The fraction of sp³-hybridized carbons (Fsp3) is 0.524. The van der Waals surface area contributed by atoms with Crippen LogP contribution in [0.2, 0.25) is 5.02 Å². The predicted octanol–water partition coefficient (Wildman–Crippen LogP) is 4.17. The quantitative estimate of drug-likeness (QED) is 0.723. The van der Waals surface area contributed by atoms with Crippen LogP contribution in [0.4, 0.5) is 0 Å². The van der Waals surface area contributed by atoms with E-state index in [-0.39, 0.29) is 17.9 Å². The van der Waals surface area contributed by atoms with Gasteiger partial charge in [-0.2, -0.15) is 5.10 Å². The Morgan fingerprint density at radius 3 is 2.68 bits per heavy atom. The number of rotatable bonds is 6. The van der Waals surface area contributed by atoms with Gasteiger partial charge in [0, 0.05) is 18.2 Å². The maximum atomic E-state index is 13.2. The largest absolute Gasteiger partial charge is 0.497 e. The molecule has 1 aliphatic heterocycles. The summed E-state index contributed by atoms with van der Waals surface area (Å²) in [6.07, 6.45) is 1.90. The van der Waals surface area contributed by atoms with Crippen LogP contribution in [-0.2, 0) is 11.3 Å². The average Bonchev–Trinajstić information content (AvgIpc) is 3.28. The second-order valence-corrected chi connectivity index (χ2v) is 7.74. The van der Waals surface area contributed by atoms with Gasteiger partial charge in [-0.1, -0.05) is 18.5 Å². The van der Waals surface area contributed by atoms with E-state index >= 15 is 0 Å². The van der Waals surface area contributed by atoms with Crippen LogP contribution in [0.5, 0.6) is 11.5 Å². The van der Waals surface area contributed by atoms with Gasteiger partial charge >= 0.3 is 0 Å². The number of carbonyl (C=O) groups excluding carboxylic acids is 1. The molecular formula is C21H28ClN3O3. The van der Waals surface area contributed by atoms with E-state index in [1.165, 1.54) is 0 Å². The van der Waals surface area contributed by atoms with Gasteiger partial charge in [0.2, 0.25) is 5.91 Å². The smallest absolute Gasteiger partial charge is 0.227 e. The lowest BCUT2D eigenvalue weighted by Crippen LogP contribution is -2.36. The van der Waals surface area contributed by atoms with E-state index in [2.05, 4.69) is 5.10 Å². The van der Waals surface area contributed by atoms with Crippen molar-refractivity contribution in [1.29, 1.82) is 0 Å². The Labute approximate surface area is 171 Å². The normalized spacial score (nSPS) is 17.6. The number of carbonyl (C=O) groups is 1. The molecule has 1 saturated heterocycles. The van der Waals surface area contributed by atoms with Crippen LogP contribution in [0.15, 0.2) is 18.2 Å². The Balaban J connectivity index is 1.80. The van der Waals surface area contributed by atoms with E-state index in [0.717, 1.165) is 47.8 Å². The van der Waals surface area contributed by atoms with Gasteiger partial charge in [0.15, 0.2) is 0 Å². The van der Waals surface area contributed by atoms with Crippen molar-refractivity contribution in [3.05, 3.63) is 40.2 Å². The zero-order valence-corrected chi connectivity index (χ0v) is 17.9.